The quantitative estimate of drug-likeness (QED) is 0.701. The number of nitrogens with one attached hydrogen (secondary N) is 1. The Kier molecular flexibility index (Phi) is 1.77. The highest BCUT2D eigenvalue weighted by Gasteiger charge is 2.05. The van der Waals surface area contributed by atoms with E-state index in [4.69, 9.17) is 11.6 Å². The van der Waals surface area contributed by atoms with Crippen molar-refractivity contribution in [2.45, 2.75) is 0 Å². The van der Waals surface area contributed by atoms with E-state index in [1.54, 1.807) is 0 Å². The van der Waals surface area contributed by atoms with Crippen molar-refractivity contribution in [2.75, 3.05) is 0 Å². The molecule has 0 saturated carbocycles. The standard InChI is InChI=1S/C8H4ClFN2O/c9-7-4(10)1-2-5-8(7)11-3-6(13)12-5/h1-3H,(H,12,13). The Bertz CT molecular complexity index is 523. The zero-order valence-electron chi connectivity index (χ0n) is 6.34. The monoisotopic (exact) mass is 198 g/mol. The molecule has 5 heteroatoms. The zero-order chi connectivity index (χ0) is 9.42. The number of H-pyrrole nitrogens is 1. The largest absolute Gasteiger partial charge is 0.319 e. The minimum atomic E-state index is -0.547. The highest BCUT2D eigenvalue weighted by Crippen LogP contribution is 2.21. The van der Waals surface area contributed by atoms with Crippen molar-refractivity contribution >= 4 is 22.6 Å². The fourth-order valence-corrected chi connectivity index (χ4v) is 1.27. The van der Waals surface area contributed by atoms with Crippen molar-refractivity contribution in [3.05, 3.63) is 39.5 Å². The van der Waals surface area contributed by atoms with Crippen molar-refractivity contribution in [3.63, 3.8) is 0 Å². The van der Waals surface area contributed by atoms with Crippen molar-refractivity contribution in [2.24, 2.45) is 0 Å². The number of halogens is 2. The van der Waals surface area contributed by atoms with Crippen molar-refractivity contribution in [3.8, 4) is 0 Å². The van der Waals surface area contributed by atoms with Crippen LogP contribution in [-0.2, 0) is 0 Å². The molecule has 3 nitrogen and oxygen atoms in total. The van der Waals surface area contributed by atoms with Gasteiger partial charge in [0.1, 0.15) is 16.4 Å². The van der Waals surface area contributed by atoms with Crippen LogP contribution in [0.25, 0.3) is 11.0 Å². The van der Waals surface area contributed by atoms with E-state index in [0.29, 0.717) is 5.52 Å². The lowest BCUT2D eigenvalue weighted by Gasteiger charge is -1.98. The topological polar surface area (TPSA) is 45.8 Å². The second kappa shape index (κ2) is 2.81. The first-order chi connectivity index (χ1) is 6.18. The van der Waals surface area contributed by atoms with Crippen LogP contribution in [0.5, 0.6) is 0 Å². The molecule has 66 valence electrons. The van der Waals surface area contributed by atoms with Gasteiger partial charge in [-0.25, -0.2) is 9.37 Å². The van der Waals surface area contributed by atoms with Gasteiger partial charge in [0.25, 0.3) is 5.56 Å². The molecule has 1 aromatic heterocycles. The van der Waals surface area contributed by atoms with E-state index >= 15 is 0 Å². The Morgan fingerprint density at radius 3 is 3.00 bits per heavy atom. The fourth-order valence-electron chi connectivity index (χ4n) is 1.06. The fraction of sp³-hybridized carbons (Fsp3) is 0. The van der Waals surface area contributed by atoms with E-state index < -0.39 is 5.82 Å². The Morgan fingerprint density at radius 2 is 2.23 bits per heavy atom. The van der Waals surface area contributed by atoms with E-state index in [9.17, 15) is 9.18 Å². The average molecular weight is 199 g/mol. The molecule has 0 atom stereocenters. The molecule has 0 bridgehead atoms. The second-order valence-corrected chi connectivity index (χ2v) is 2.88. The first kappa shape index (κ1) is 8.19. The van der Waals surface area contributed by atoms with Gasteiger partial charge in [-0.1, -0.05) is 11.6 Å². The van der Waals surface area contributed by atoms with Crippen LogP contribution in [0.1, 0.15) is 0 Å². The van der Waals surface area contributed by atoms with Gasteiger partial charge < -0.3 is 4.98 Å². The molecule has 1 N–H and O–H groups in total. The van der Waals surface area contributed by atoms with E-state index in [1.807, 2.05) is 0 Å². The first-order valence-corrected chi connectivity index (χ1v) is 3.89. The molecule has 1 aromatic carbocycles. The number of benzene rings is 1. The number of aromatic nitrogens is 2. The normalized spacial score (nSPS) is 10.6. The number of nitrogens with zero attached hydrogens (tertiary/aromatic N) is 1. The third-order valence-corrected chi connectivity index (χ3v) is 2.00. The van der Waals surface area contributed by atoms with Crippen molar-refractivity contribution in [1.29, 1.82) is 0 Å². The maximum atomic E-state index is 12.9. The van der Waals surface area contributed by atoms with Gasteiger partial charge in [0, 0.05) is 0 Å². The summed E-state index contributed by atoms with van der Waals surface area (Å²) in [7, 11) is 0. The molecule has 0 radical (unpaired) electrons. The average Bonchev–Trinajstić information content (AvgIpc) is 2.12. The lowest BCUT2D eigenvalue weighted by molar-refractivity contribution is 0.629. The van der Waals surface area contributed by atoms with Gasteiger partial charge >= 0.3 is 0 Å². The van der Waals surface area contributed by atoms with Crippen molar-refractivity contribution < 1.29 is 4.39 Å². The molecule has 0 spiro atoms. The molecule has 0 aliphatic carbocycles. The third-order valence-electron chi connectivity index (χ3n) is 1.64. The first-order valence-electron chi connectivity index (χ1n) is 3.51. The minimum Gasteiger partial charge on any atom is -0.319 e. The predicted molar refractivity (Wildman–Crippen MR) is 47.3 cm³/mol. The lowest BCUT2D eigenvalue weighted by Crippen LogP contribution is -2.05. The van der Waals surface area contributed by atoms with Gasteiger partial charge in [-0.2, -0.15) is 0 Å². The molecule has 13 heavy (non-hydrogen) atoms. The Labute approximate surface area is 77.2 Å². The molecule has 0 aliphatic rings. The van der Waals surface area contributed by atoms with Gasteiger partial charge in [0.15, 0.2) is 0 Å². The molecular formula is C8H4ClFN2O. The van der Waals surface area contributed by atoms with Gasteiger partial charge in [-0.3, -0.25) is 4.79 Å². The van der Waals surface area contributed by atoms with E-state index in [-0.39, 0.29) is 16.1 Å². The maximum absolute atomic E-state index is 12.9. The number of rotatable bonds is 0. The number of hydrogen-bond donors (Lipinski definition) is 1. The molecule has 0 fully saturated rings. The summed E-state index contributed by atoms with van der Waals surface area (Å²) in [4.78, 5) is 17.0. The third kappa shape index (κ3) is 1.29. The molecule has 0 aliphatic heterocycles. The smallest absolute Gasteiger partial charge is 0.266 e. The summed E-state index contributed by atoms with van der Waals surface area (Å²) >= 11 is 5.62. The second-order valence-electron chi connectivity index (χ2n) is 2.50. The van der Waals surface area contributed by atoms with Crippen LogP contribution in [0.4, 0.5) is 4.39 Å². The molecule has 2 rings (SSSR count). The Morgan fingerprint density at radius 1 is 1.46 bits per heavy atom. The van der Waals surface area contributed by atoms with Gasteiger partial charge in [0.2, 0.25) is 0 Å². The minimum absolute atomic E-state index is 0.0752. The summed E-state index contributed by atoms with van der Waals surface area (Å²) < 4.78 is 12.9. The Hall–Kier alpha value is -1.42. The summed E-state index contributed by atoms with van der Waals surface area (Å²) in [6.07, 6.45) is 1.06. The SMILES string of the molecule is O=c1cnc2c(Cl)c(F)ccc2[nH]1. The Balaban J connectivity index is 2.95. The highest BCUT2D eigenvalue weighted by molar-refractivity contribution is 6.35. The van der Waals surface area contributed by atoms with Crippen LogP contribution in [0.15, 0.2) is 23.1 Å². The van der Waals surface area contributed by atoms with E-state index in [2.05, 4.69) is 9.97 Å². The molecule has 0 saturated heterocycles. The predicted octanol–water partition coefficient (Wildman–Crippen LogP) is 1.72. The number of fused-ring (bicyclic) bond motifs is 1. The molecule has 0 unspecified atom stereocenters. The lowest BCUT2D eigenvalue weighted by atomic mass is 10.3. The van der Waals surface area contributed by atoms with Gasteiger partial charge in [0.05, 0.1) is 11.7 Å². The van der Waals surface area contributed by atoms with Crippen LogP contribution >= 0.6 is 11.6 Å². The summed E-state index contributed by atoms with van der Waals surface area (Å²) in [5.41, 5.74) is 0.357. The van der Waals surface area contributed by atoms with Crippen LogP contribution in [0, 0.1) is 5.82 Å². The maximum Gasteiger partial charge on any atom is 0.266 e. The van der Waals surface area contributed by atoms with E-state index in [1.165, 1.54) is 12.1 Å². The summed E-state index contributed by atoms with van der Waals surface area (Å²) in [6.45, 7) is 0. The summed E-state index contributed by atoms with van der Waals surface area (Å²) in [5.74, 6) is -0.547. The molecular weight excluding hydrogens is 195 g/mol. The molecule has 0 amide bonds. The van der Waals surface area contributed by atoms with Crippen LogP contribution in [-0.4, -0.2) is 9.97 Å². The van der Waals surface area contributed by atoms with Gasteiger partial charge in [-0.05, 0) is 12.1 Å². The van der Waals surface area contributed by atoms with Gasteiger partial charge in [-0.15, -0.1) is 0 Å². The van der Waals surface area contributed by atoms with Crippen molar-refractivity contribution in [1.82, 2.24) is 9.97 Å². The number of aromatic amines is 1. The number of hydrogen-bond acceptors (Lipinski definition) is 2. The van der Waals surface area contributed by atoms with Crippen LogP contribution in [0.2, 0.25) is 5.02 Å². The van der Waals surface area contributed by atoms with Crippen LogP contribution in [0.3, 0.4) is 0 Å². The zero-order valence-corrected chi connectivity index (χ0v) is 7.10. The molecule has 2 aromatic rings. The van der Waals surface area contributed by atoms with Crippen LogP contribution < -0.4 is 5.56 Å². The highest BCUT2D eigenvalue weighted by atomic mass is 35.5. The summed E-state index contributed by atoms with van der Waals surface area (Å²) in [5, 5.41) is -0.0752. The summed E-state index contributed by atoms with van der Waals surface area (Å²) in [6, 6.07) is 2.60. The van der Waals surface area contributed by atoms with E-state index in [0.717, 1.165) is 6.20 Å². The molecule has 1 heterocycles.